The number of hydrogen-bond acceptors (Lipinski definition) is 4. The summed E-state index contributed by atoms with van der Waals surface area (Å²) in [6.07, 6.45) is 0. The molecule has 4 aromatic rings. The first kappa shape index (κ1) is 16.1. The van der Waals surface area contributed by atoms with Gasteiger partial charge < -0.3 is 5.73 Å². The predicted octanol–water partition coefficient (Wildman–Crippen LogP) is 2.40. The number of rotatable bonds is 2. The minimum absolute atomic E-state index is 0.0129. The van der Waals surface area contributed by atoms with Gasteiger partial charge in [0.2, 0.25) is 5.65 Å². The molecule has 0 amide bonds. The van der Waals surface area contributed by atoms with Gasteiger partial charge in [-0.25, -0.2) is 32.0 Å². The topological polar surface area (TPSA) is 78.2 Å². The van der Waals surface area contributed by atoms with Gasteiger partial charge in [-0.15, -0.1) is 5.10 Å². The van der Waals surface area contributed by atoms with Gasteiger partial charge in [0.25, 0.3) is 0 Å². The average molecular weight is 359 g/mol. The minimum Gasteiger partial charge on any atom is -0.381 e. The van der Waals surface area contributed by atoms with Crippen LogP contribution in [0.25, 0.3) is 16.7 Å². The molecule has 2 aromatic heterocycles. The Kier molecular flexibility index (Phi) is 3.46. The number of aryl methyl sites for hydroxylation is 1. The standard InChI is InChI=1S/C17H12F3N5O/c1-8-4-11(19)10(12(20)5-8)7-24-17(26)25-14-6-9(18)2-3-13(14)22-15(21)16(25)23-24/h2-6H,7H2,1H3,(H2,21,22). The molecule has 0 saturated heterocycles. The highest BCUT2D eigenvalue weighted by Crippen LogP contribution is 2.19. The third-order valence-electron chi connectivity index (χ3n) is 4.08. The predicted molar refractivity (Wildman–Crippen MR) is 89.3 cm³/mol. The van der Waals surface area contributed by atoms with Crippen molar-refractivity contribution in [3.05, 3.63) is 69.4 Å². The first-order valence-corrected chi connectivity index (χ1v) is 7.64. The molecule has 2 N–H and O–H groups in total. The number of benzene rings is 2. The molecule has 0 spiro atoms. The van der Waals surface area contributed by atoms with Crippen LogP contribution in [0.3, 0.4) is 0 Å². The van der Waals surface area contributed by atoms with Gasteiger partial charge in [-0.2, -0.15) is 0 Å². The molecular formula is C17H12F3N5O. The lowest BCUT2D eigenvalue weighted by Crippen LogP contribution is -2.23. The molecule has 9 heteroatoms. The zero-order valence-electron chi connectivity index (χ0n) is 13.5. The quantitative estimate of drug-likeness (QED) is 0.596. The van der Waals surface area contributed by atoms with Crippen molar-refractivity contribution in [1.29, 1.82) is 0 Å². The van der Waals surface area contributed by atoms with Crippen molar-refractivity contribution >= 4 is 22.5 Å². The summed E-state index contributed by atoms with van der Waals surface area (Å²) in [5, 5.41) is 4.02. The monoisotopic (exact) mass is 359 g/mol. The Balaban J connectivity index is 1.97. The Labute approximate surface area is 144 Å². The van der Waals surface area contributed by atoms with E-state index in [9.17, 15) is 18.0 Å². The fraction of sp³-hybridized carbons (Fsp3) is 0.118. The normalized spacial score (nSPS) is 11.5. The molecule has 132 valence electrons. The van der Waals surface area contributed by atoms with Gasteiger partial charge in [0.05, 0.1) is 17.6 Å². The molecule has 0 radical (unpaired) electrons. The number of fused-ring (bicyclic) bond motifs is 3. The summed E-state index contributed by atoms with van der Waals surface area (Å²) in [6.45, 7) is 1.12. The molecular weight excluding hydrogens is 347 g/mol. The molecule has 0 atom stereocenters. The second-order valence-electron chi connectivity index (χ2n) is 5.94. The van der Waals surface area contributed by atoms with E-state index in [4.69, 9.17) is 5.73 Å². The number of nitrogens with zero attached hydrogens (tertiary/aromatic N) is 4. The number of nitrogen functional groups attached to an aromatic ring is 1. The van der Waals surface area contributed by atoms with Crippen molar-refractivity contribution in [1.82, 2.24) is 19.2 Å². The molecule has 0 aliphatic rings. The van der Waals surface area contributed by atoms with Crippen molar-refractivity contribution in [3.8, 4) is 0 Å². The maximum atomic E-state index is 14.1. The van der Waals surface area contributed by atoms with Crippen LogP contribution in [-0.4, -0.2) is 19.2 Å². The Hall–Kier alpha value is -3.36. The molecule has 0 bridgehead atoms. The van der Waals surface area contributed by atoms with Gasteiger partial charge in [0.15, 0.2) is 5.82 Å². The van der Waals surface area contributed by atoms with Gasteiger partial charge >= 0.3 is 5.69 Å². The number of hydrogen-bond donors (Lipinski definition) is 1. The minimum atomic E-state index is -0.784. The summed E-state index contributed by atoms with van der Waals surface area (Å²) in [5.41, 5.74) is 5.68. The Morgan fingerprint density at radius 2 is 1.81 bits per heavy atom. The van der Waals surface area contributed by atoms with E-state index in [-0.39, 0.29) is 22.5 Å². The van der Waals surface area contributed by atoms with E-state index in [2.05, 4.69) is 10.1 Å². The Bertz CT molecular complexity index is 1220. The summed E-state index contributed by atoms with van der Waals surface area (Å²) < 4.78 is 43.7. The first-order chi connectivity index (χ1) is 12.3. The largest absolute Gasteiger partial charge is 0.381 e. The smallest absolute Gasteiger partial charge is 0.351 e. The lowest BCUT2D eigenvalue weighted by atomic mass is 10.1. The fourth-order valence-electron chi connectivity index (χ4n) is 2.87. The second-order valence-corrected chi connectivity index (χ2v) is 5.94. The molecule has 0 unspecified atom stereocenters. The Morgan fingerprint density at radius 3 is 2.50 bits per heavy atom. The summed E-state index contributed by atoms with van der Waals surface area (Å²) in [4.78, 5) is 16.8. The van der Waals surface area contributed by atoms with E-state index in [1.165, 1.54) is 24.3 Å². The van der Waals surface area contributed by atoms with Crippen molar-refractivity contribution < 1.29 is 13.2 Å². The second kappa shape index (κ2) is 5.58. The highest BCUT2D eigenvalue weighted by atomic mass is 19.1. The van der Waals surface area contributed by atoms with E-state index in [0.717, 1.165) is 15.1 Å². The van der Waals surface area contributed by atoms with E-state index >= 15 is 0 Å². The molecule has 2 heterocycles. The molecule has 2 aromatic carbocycles. The van der Waals surface area contributed by atoms with Crippen LogP contribution in [0.5, 0.6) is 0 Å². The number of anilines is 1. The van der Waals surface area contributed by atoms with Crippen LogP contribution in [0.15, 0.2) is 35.1 Å². The molecule has 0 saturated carbocycles. The summed E-state index contributed by atoms with van der Waals surface area (Å²) in [5.74, 6) is -2.19. The maximum Gasteiger partial charge on any atom is 0.351 e. The lowest BCUT2D eigenvalue weighted by Gasteiger charge is -2.05. The SMILES string of the molecule is Cc1cc(F)c(Cn2nc3c(N)nc4ccc(F)cc4n3c2=O)c(F)c1. The third-order valence-corrected chi connectivity index (χ3v) is 4.08. The van der Waals surface area contributed by atoms with Crippen LogP contribution in [0.1, 0.15) is 11.1 Å². The van der Waals surface area contributed by atoms with Crippen molar-refractivity contribution in [2.24, 2.45) is 0 Å². The van der Waals surface area contributed by atoms with Crippen molar-refractivity contribution in [2.75, 3.05) is 5.73 Å². The highest BCUT2D eigenvalue weighted by Gasteiger charge is 2.18. The number of halogens is 3. The zero-order chi connectivity index (χ0) is 18.6. The molecule has 6 nitrogen and oxygen atoms in total. The fourth-order valence-corrected chi connectivity index (χ4v) is 2.87. The van der Waals surface area contributed by atoms with E-state index in [1.807, 2.05) is 0 Å². The van der Waals surface area contributed by atoms with Gasteiger partial charge in [0, 0.05) is 11.6 Å². The molecule has 26 heavy (non-hydrogen) atoms. The van der Waals surface area contributed by atoms with Crippen molar-refractivity contribution in [3.63, 3.8) is 0 Å². The van der Waals surface area contributed by atoms with Crippen molar-refractivity contribution in [2.45, 2.75) is 13.5 Å². The van der Waals surface area contributed by atoms with Crippen LogP contribution < -0.4 is 11.4 Å². The first-order valence-electron chi connectivity index (χ1n) is 7.64. The van der Waals surface area contributed by atoms with Crippen LogP contribution in [0.2, 0.25) is 0 Å². The molecule has 0 aliphatic heterocycles. The average Bonchev–Trinajstić information content (AvgIpc) is 2.89. The van der Waals surface area contributed by atoms with Gasteiger partial charge in [-0.05, 0) is 36.8 Å². The molecule has 4 rings (SSSR count). The summed E-state index contributed by atoms with van der Waals surface area (Å²) in [6, 6.07) is 6.02. The lowest BCUT2D eigenvalue weighted by molar-refractivity contribution is 0.527. The van der Waals surface area contributed by atoms with Crippen LogP contribution in [0, 0.1) is 24.4 Å². The van der Waals surface area contributed by atoms with Crippen LogP contribution >= 0.6 is 0 Å². The number of aromatic nitrogens is 4. The molecule has 0 fully saturated rings. The van der Waals surface area contributed by atoms with E-state index in [0.29, 0.717) is 11.1 Å². The van der Waals surface area contributed by atoms with Gasteiger partial charge in [0.1, 0.15) is 17.5 Å². The Morgan fingerprint density at radius 1 is 1.12 bits per heavy atom. The van der Waals surface area contributed by atoms with Crippen LogP contribution in [0.4, 0.5) is 19.0 Å². The highest BCUT2D eigenvalue weighted by molar-refractivity contribution is 5.81. The van der Waals surface area contributed by atoms with E-state index < -0.39 is 29.7 Å². The summed E-state index contributed by atoms with van der Waals surface area (Å²) in [7, 11) is 0. The van der Waals surface area contributed by atoms with Gasteiger partial charge in [-0.3, -0.25) is 0 Å². The summed E-state index contributed by atoms with van der Waals surface area (Å²) >= 11 is 0. The van der Waals surface area contributed by atoms with Gasteiger partial charge in [-0.1, -0.05) is 0 Å². The van der Waals surface area contributed by atoms with Crippen LogP contribution in [-0.2, 0) is 6.54 Å². The zero-order valence-corrected chi connectivity index (χ0v) is 13.5. The molecule has 0 aliphatic carbocycles. The number of nitrogens with two attached hydrogens (primary N) is 1. The third kappa shape index (κ3) is 2.40. The maximum absolute atomic E-state index is 14.1. The van der Waals surface area contributed by atoms with E-state index in [1.54, 1.807) is 6.92 Å².